The fourth-order valence-electron chi connectivity index (χ4n) is 1.63. The standard InChI is InChI=1S/C13H15N5S/c1-8-3-4-15-6-10(8)7-16-13-17-9(2)5-11(18-13)12(14)19/h3-6H,7H2,1-2H3,(H2,14,19)(H,16,17,18). The predicted molar refractivity (Wildman–Crippen MR) is 79.0 cm³/mol. The summed E-state index contributed by atoms with van der Waals surface area (Å²) < 4.78 is 0. The Morgan fingerprint density at radius 3 is 2.84 bits per heavy atom. The van der Waals surface area contributed by atoms with E-state index in [4.69, 9.17) is 18.0 Å². The van der Waals surface area contributed by atoms with E-state index in [0.717, 1.165) is 11.3 Å². The molecule has 0 unspecified atom stereocenters. The van der Waals surface area contributed by atoms with Gasteiger partial charge in [-0.1, -0.05) is 12.2 Å². The Morgan fingerprint density at radius 1 is 1.37 bits per heavy atom. The summed E-state index contributed by atoms with van der Waals surface area (Å²) in [7, 11) is 0. The molecule has 0 aliphatic heterocycles. The van der Waals surface area contributed by atoms with Gasteiger partial charge in [0.2, 0.25) is 5.95 Å². The summed E-state index contributed by atoms with van der Waals surface area (Å²) in [6, 6.07) is 3.73. The van der Waals surface area contributed by atoms with Crippen LogP contribution in [0.1, 0.15) is 22.5 Å². The number of aromatic nitrogens is 3. The summed E-state index contributed by atoms with van der Waals surface area (Å²) in [5, 5.41) is 3.16. The van der Waals surface area contributed by atoms with Crippen LogP contribution in [0.15, 0.2) is 24.5 Å². The maximum atomic E-state index is 5.59. The maximum absolute atomic E-state index is 5.59. The lowest BCUT2D eigenvalue weighted by molar-refractivity contribution is 1.01. The average Bonchev–Trinajstić information content (AvgIpc) is 2.37. The molecule has 0 fully saturated rings. The topological polar surface area (TPSA) is 76.7 Å². The Bertz CT molecular complexity index is 612. The highest BCUT2D eigenvalue weighted by Crippen LogP contribution is 2.09. The highest BCUT2D eigenvalue weighted by molar-refractivity contribution is 7.80. The minimum atomic E-state index is 0.270. The molecule has 0 aliphatic carbocycles. The first-order valence-electron chi connectivity index (χ1n) is 5.85. The summed E-state index contributed by atoms with van der Waals surface area (Å²) in [6.07, 6.45) is 3.60. The zero-order valence-electron chi connectivity index (χ0n) is 10.8. The predicted octanol–water partition coefficient (Wildman–Crippen LogP) is 1.73. The zero-order chi connectivity index (χ0) is 13.8. The van der Waals surface area contributed by atoms with Gasteiger partial charge in [-0.25, -0.2) is 9.97 Å². The Morgan fingerprint density at radius 2 is 2.16 bits per heavy atom. The van der Waals surface area contributed by atoms with Gasteiger partial charge >= 0.3 is 0 Å². The van der Waals surface area contributed by atoms with E-state index in [-0.39, 0.29) is 4.99 Å². The molecule has 0 saturated heterocycles. The summed E-state index contributed by atoms with van der Waals surface area (Å²) in [5.74, 6) is 0.519. The van der Waals surface area contributed by atoms with E-state index >= 15 is 0 Å². The lowest BCUT2D eigenvalue weighted by Gasteiger charge is -2.09. The molecule has 3 N–H and O–H groups in total. The molecule has 0 bridgehead atoms. The van der Waals surface area contributed by atoms with E-state index in [9.17, 15) is 0 Å². The van der Waals surface area contributed by atoms with Gasteiger partial charge in [0.15, 0.2) is 0 Å². The molecule has 0 radical (unpaired) electrons. The fourth-order valence-corrected chi connectivity index (χ4v) is 1.73. The van der Waals surface area contributed by atoms with Crippen molar-refractivity contribution in [1.82, 2.24) is 15.0 Å². The van der Waals surface area contributed by atoms with Crippen molar-refractivity contribution in [3.63, 3.8) is 0 Å². The average molecular weight is 273 g/mol. The minimum absolute atomic E-state index is 0.270. The van der Waals surface area contributed by atoms with Crippen LogP contribution in [0.4, 0.5) is 5.95 Å². The highest BCUT2D eigenvalue weighted by atomic mass is 32.1. The van der Waals surface area contributed by atoms with E-state index in [1.54, 1.807) is 12.3 Å². The molecule has 5 nitrogen and oxygen atoms in total. The number of anilines is 1. The monoisotopic (exact) mass is 273 g/mol. The molecule has 0 aliphatic rings. The van der Waals surface area contributed by atoms with Gasteiger partial charge in [0, 0.05) is 24.6 Å². The summed E-state index contributed by atoms with van der Waals surface area (Å²) in [5.41, 5.74) is 9.26. The second-order valence-corrected chi connectivity index (χ2v) is 4.68. The van der Waals surface area contributed by atoms with Crippen LogP contribution in [0, 0.1) is 13.8 Å². The minimum Gasteiger partial charge on any atom is -0.388 e. The quantitative estimate of drug-likeness (QED) is 0.826. The van der Waals surface area contributed by atoms with Crippen LogP contribution in [-0.4, -0.2) is 19.9 Å². The van der Waals surface area contributed by atoms with Crippen LogP contribution in [0.2, 0.25) is 0 Å². The molecule has 6 heteroatoms. The van der Waals surface area contributed by atoms with Crippen LogP contribution in [-0.2, 0) is 6.54 Å². The number of thiocarbonyl (C=S) groups is 1. The number of aryl methyl sites for hydroxylation is 2. The third kappa shape index (κ3) is 3.45. The first kappa shape index (κ1) is 13.4. The van der Waals surface area contributed by atoms with E-state index in [1.165, 1.54) is 5.56 Å². The van der Waals surface area contributed by atoms with Crippen molar-refractivity contribution in [1.29, 1.82) is 0 Å². The molecule has 98 valence electrons. The summed E-state index contributed by atoms with van der Waals surface area (Å²) in [6.45, 7) is 4.53. The number of nitrogens with one attached hydrogen (secondary N) is 1. The van der Waals surface area contributed by atoms with Crippen molar-refractivity contribution in [3.8, 4) is 0 Å². The van der Waals surface area contributed by atoms with Gasteiger partial charge in [-0.05, 0) is 37.1 Å². The van der Waals surface area contributed by atoms with E-state index in [1.807, 2.05) is 26.1 Å². The number of hydrogen-bond donors (Lipinski definition) is 2. The van der Waals surface area contributed by atoms with E-state index in [0.29, 0.717) is 18.2 Å². The molecule has 0 aromatic carbocycles. The lowest BCUT2D eigenvalue weighted by Crippen LogP contribution is -2.15. The first-order valence-corrected chi connectivity index (χ1v) is 6.26. The first-order chi connectivity index (χ1) is 9.06. The van der Waals surface area contributed by atoms with Gasteiger partial charge in [0.1, 0.15) is 10.7 Å². The fraction of sp³-hybridized carbons (Fsp3) is 0.231. The molecule has 2 heterocycles. The van der Waals surface area contributed by atoms with E-state index in [2.05, 4.69) is 20.3 Å². The lowest BCUT2D eigenvalue weighted by atomic mass is 10.2. The van der Waals surface area contributed by atoms with Gasteiger partial charge in [-0.15, -0.1) is 0 Å². The van der Waals surface area contributed by atoms with Gasteiger partial charge in [0.05, 0.1) is 0 Å². The number of pyridine rings is 1. The number of nitrogens with two attached hydrogens (primary N) is 1. The normalized spacial score (nSPS) is 10.2. The van der Waals surface area contributed by atoms with Crippen molar-refractivity contribution in [2.75, 3.05) is 5.32 Å². The van der Waals surface area contributed by atoms with Gasteiger partial charge in [-0.2, -0.15) is 0 Å². The Balaban J connectivity index is 2.16. The SMILES string of the molecule is Cc1cc(C(N)=S)nc(NCc2cnccc2C)n1. The van der Waals surface area contributed by atoms with Crippen LogP contribution in [0.25, 0.3) is 0 Å². The van der Waals surface area contributed by atoms with Crippen molar-refractivity contribution in [2.24, 2.45) is 5.73 Å². The van der Waals surface area contributed by atoms with Crippen molar-refractivity contribution < 1.29 is 0 Å². The molecular formula is C13H15N5S. The van der Waals surface area contributed by atoms with Crippen LogP contribution in [0.5, 0.6) is 0 Å². The second kappa shape index (κ2) is 5.71. The molecule has 0 atom stereocenters. The zero-order valence-corrected chi connectivity index (χ0v) is 11.7. The van der Waals surface area contributed by atoms with Crippen molar-refractivity contribution in [3.05, 3.63) is 47.0 Å². The third-order valence-electron chi connectivity index (χ3n) is 2.69. The van der Waals surface area contributed by atoms with Crippen molar-refractivity contribution >= 4 is 23.2 Å². The Hall–Kier alpha value is -2.08. The molecular weight excluding hydrogens is 258 g/mol. The van der Waals surface area contributed by atoms with Gasteiger partial charge in [0.25, 0.3) is 0 Å². The molecule has 0 amide bonds. The van der Waals surface area contributed by atoms with Gasteiger partial charge in [-0.3, -0.25) is 4.98 Å². The number of hydrogen-bond acceptors (Lipinski definition) is 5. The molecule has 0 spiro atoms. The van der Waals surface area contributed by atoms with Gasteiger partial charge < -0.3 is 11.1 Å². The summed E-state index contributed by atoms with van der Waals surface area (Å²) >= 11 is 4.93. The third-order valence-corrected chi connectivity index (χ3v) is 2.90. The Labute approximate surface area is 117 Å². The molecule has 0 saturated carbocycles. The van der Waals surface area contributed by atoms with Crippen LogP contribution >= 0.6 is 12.2 Å². The van der Waals surface area contributed by atoms with Crippen LogP contribution in [0.3, 0.4) is 0 Å². The molecule has 2 rings (SSSR count). The highest BCUT2D eigenvalue weighted by Gasteiger charge is 2.05. The smallest absolute Gasteiger partial charge is 0.223 e. The maximum Gasteiger partial charge on any atom is 0.223 e. The van der Waals surface area contributed by atoms with Crippen LogP contribution < -0.4 is 11.1 Å². The number of nitrogens with zero attached hydrogens (tertiary/aromatic N) is 3. The molecule has 2 aromatic rings. The van der Waals surface area contributed by atoms with E-state index < -0.39 is 0 Å². The largest absolute Gasteiger partial charge is 0.388 e. The molecule has 2 aromatic heterocycles. The van der Waals surface area contributed by atoms with Crippen molar-refractivity contribution in [2.45, 2.75) is 20.4 Å². The second-order valence-electron chi connectivity index (χ2n) is 4.24. The molecule has 19 heavy (non-hydrogen) atoms. The summed E-state index contributed by atoms with van der Waals surface area (Å²) in [4.78, 5) is 12.9. The Kier molecular flexibility index (Phi) is 4.01. The number of rotatable bonds is 4.